The second-order valence-corrected chi connectivity index (χ2v) is 6.07. The van der Waals surface area contributed by atoms with Crippen LogP contribution in [0.5, 0.6) is 0 Å². The number of hydrogen-bond donors (Lipinski definition) is 0. The Kier molecular flexibility index (Phi) is 5.26. The normalized spacial score (nSPS) is 11.6. The first-order valence-corrected chi connectivity index (χ1v) is 4.91. The van der Waals surface area contributed by atoms with Gasteiger partial charge in [0.15, 0.2) is 0 Å². The average Bonchev–Trinajstić information content (AvgIpc) is 1.85. The van der Waals surface area contributed by atoms with Crippen LogP contribution in [-0.2, 0) is 20.4 Å². The Labute approximate surface area is 90.6 Å². The van der Waals surface area contributed by atoms with E-state index in [0.29, 0.717) is 5.16 Å². The average molecular weight is 273 g/mol. The summed E-state index contributed by atoms with van der Waals surface area (Å²) in [5.41, 5.74) is 0. The molecule has 0 aliphatic carbocycles. The molecular formula is C10H15PPd. The van der Waals surface area contributed by atoms with Crippen LogP contribution >= 0.6 is 8.58 Å². The minimum absolute atomic E-state index is 0. The van der Waals surface area contributed by atoms with Crippen molar-refractivity contribution in [3.8, 4) is 0 Å². The van der Waals surface area contributed by atoms with Gasteiger partial charge in [-0.25, -0.2) is 0 Å². The van der Waals surface area contributed by atoms with Gasteiger partial charge in [-0.15, -0.1) is 0 Å². The largest absolute Gasteiger partial charge is 0.0849 e. The van der Waals surface area contributed by atoms with E-state index in [2.05, 4.69) is 51.1 Å². The fraction of sp³-hybridized carbons (Fsp3) is 0.400. The molecule has 0 aliphatic rings. The molecule has 1 unspecified atom stereocenters. The minimum Gasteiger partial charge on any atom is -0.0849 e. The van der Waals surface area contributed by atoms with Gasteiger partial charge >= 0.3 is 0 Å². The van der Waals surface area contributed by atoms with Gasteiger partial charge in [-0.1, -0.05) is 59.7 Å². The Morgan fingerprint density at radius 1 is 1.00 bits per heavy atom. The van der Waals surface area contributed by atoms with Crippen molar-refractivity contribution < 1.29 is 20.4 Å². The predicted molar refractivity (Wildman–Crippen MR) is 54.1 cm³/mol. The molecule has 0 fully saturated rings. The van der Waals surface area contributed by atoms with Crippen molar-refractivity contribution >= 4 is 13.9 Å². The standard InChI is InChI=1S/C10H15P.Pd/c1-10(2,3)11-9-7-5-4-6-8-9;/h4-8,11H,1-3H3;. The molecule has 1 atom stereocenters. The smallest absolute Gasteiger partial charge is 0 e. The summed E-state index contributed by atoms with van der Waals surface area (Å²) in [7, 11) is 0.914. The van der Waals surface area contributed by atoms with Gasteiger partial charge in [-0.2, -0.15) is 0 Å². The molecule has 0 N–H and O–H groups in total. The summed E-state index contributed by atoms with van der Waals surface area (Å²) in [4.78, 5) is 0. The van der Waals surface area contributed by atoms with Crippen LogP contribution in [0.15, 0.2) is 30.3 Å². The molecule has 12 heavy (non-hydrogen) atoms. The molecule has 0 bridgehead atoms. The Hall–Kier alpha value is 0.312. The summed E-state index contributed by atoms with van der Waals surface area (Å²) in [5, 5.41) is 1.89. The third kappa shape index (κ3) is 5.05. The first-order chi connectivity index (χ1) is 5.08. The van der Waals surface area contributed by atoms with Crippen LogP contribution in [0.4, 0.5) is 0 Å². The van der Waals surface area contributed by atoms with E-state index in [0.717, 1.165) is 8.58 Å². The van der Waals surface area contributed by atoms with E-state index < -0.39 is 0 Å². The molecule has 0 amide bonds. The molecule has 0 spiro atoms. The van der Waals surface area contributed by atoms with Crippen molar-refractivity contribution in [1.29, 1.82) is 0 Å². The first-order valence-electron chi connectivity index (χ1n) is 3.91. The molecule has 0 saturated heterocycles. The first kappa shape index (κ1) is 12.3. The van der Waals surface area contributed by atoms with Gasteiger partial charge in [0.05, 0.1) is 0 Å². The van der Waals surface area contributed by atoms with E-state index >= 15 is 0 Å². The maximum Gasteiger partial charge on any atom is 0 e. The van der Waals surface area contributed by atoms with E-state index in [9.17, 15) is 0 Å². The molecule has 0 aromatic heterocycles. The quantitative estimate of drug-likeness (QED) is 0.545. The topological polar surface area (TPSA) is 0 Å². The summed E-state index contributed by atoms with van der Waals surface area (Å²) < 4.78 is 0. The van der Waals surface area contributed by atoms with E-state index in [-0.39, 0.29) is 20.4 Å². The molecule has 1 aromatic carbocycles. The van der Waals surface area contributed by atoms with Gasteiger partial charge in [-0.05, 0) is 10.5 Å². The summed E-state index contributed by atoms with van der Waals surface area (Å²) in [6, 6.07) is 10.7. The maximum atomic E-state index is 2.28. The van der Waals surface area contributed by atoms with Crippen molar-refractivity contribution in [2.75, 3.05) is 0 Å². The third-order valence-corrected chi connectivity index (χ3v) is 2.67. The summed E-state index contributed by atoms with van der Waals surface area (Å²) in [6.45, 7) is 6.83. The molecule has 1 aromatic rings. The maximum absolute atomic E-state index is 2.28. The van der Waals surface area contributed by atoms with Gasteiger partial charge < -0.3 is 0 Å². The van der Waals surface area contributed by atoms with Crippen molar-refractivity contribution in [2.24, 2.45) is 0 Å². The fourth-order valence-corrected chi connectivity index (χ4v) is 2.18. The van der Waals surface area contributed by atoms with Crippen molar-refractivity contribution in [3.05, 3.63) is 30.3 Å². The van der Waals surface area contributed by atoms with E-state index in [1.165, 1.54) is 5.30 Å². The predicted octanol–water partition coefficient (Wildman–Crippen LogP) is 2.79. The Morgan fingerprint density at radius 3 is 1.92 bits per heavy atom. The number of hydrogen-bond acceptors (Lipinski definition) is 0. The zero-order valence-corrected chi connectivity index (χ0v) is 10.3. The van der Waals surface area contributed by atoms with Gasteiger partial charge in [0.2, 0.25) is 0 Å². The van der Waals surface area contributed by atoms with Crippen molar-refractivity contribution in [1.82, 2.24) is 0 Å². The Morgan fingerprint density at radius 2 is 1.50 bits per heavy atom. The van der Waals surface area contributed by atoms with E-state index in [1.807, 2.05) is 0 Å². The van der Waals surface area contributed by atoms with Gasteiger partial charge in [0, 0.05) is 20.4 Å². The van der Waals surface area contributed by atoms with Crippen LogP contribution < -0.4 is 5.30 Å². The molecule has 70 valence electrons. The zero-order valence-electron chi connectivity index (χ0n) is 7.70. The minimum atomic E-state index is 0. The van der Waals surface area contributed by atoms with Crippen LogP contribution in [0.1, 0.15) is 20.8 Å². The number of benzene rings is 1. The Bertz CT molecular complexity index is 213. The summed E-state index contributed by atoms with van der Waals surface area (Å²) in [5.74, 6) is 0. The van der Waals surface area contributed by atoms with E-state index in [1.54, 1.807) is 0 Å². The molecule has 1 rings (SSSR count). The van der Waals surface area contributed by atoms with Crippen molar-refractivity contribution in [2.45, 2.75) is 25.9 Å². The second-order valence-electron chi connectivity index (χ2n) is 3.74. The Balaban J connectivity index is 0.00000121. The molecule has 0 heterocycles. The number of rotatable bonds is 1. The van der Waals surface area contributed by atoms with Crippen LogP contribution in [0.2, 0.25) is 0 Å². The van der Waals surface area contributed by atoms with E-state index in [4.69, 9.17) is 0 Å². The molecule has 0 nitrogen and oxygen atoms in total. The summed E-state index contributed by atoms with van der Waals surface area (Å²) >= 11 is 0. The zero-order chi connectivity index (χ0) is 8.32. The summed E-state index contributed by atoms with van der Waals surface area (Å²) in [6.07, 6.45) is 0. The van der Waals surface area contributed by atoms with Crippen LogP contribution in [0, 0.1) is 0 Å². The SMILES string of the molecule is CC(C)(C)Pc1ccccc1.[Pd]. The molecule has 0 aliphatic heterocycles. The van der Waals surface area contributed by atoms with Crippen LogP contribution in [-0.4, -0.2) is 5.16 Å². The van der Waals surface area contributed by atoms with Crippen LogP contribution in [0.25, 0.3) is 0 Å². The fourth-order valence-electron chi connectivity index (χ4n) is 0.954. The second kappa shape index (κ2) is 5.13. The van der Waals surface area contributed by atoms with Gasteiger partial charge in [0.1, 0.15) is 0 Å². The molecule has 0 radical (unpaired) electrons. The molecular weight excluding hydrogens is 258 g/mol. The molecule has 2 heteroatoms. The monoisotopic (exact) mass is 272 g/mol. The third-order valence-electron chi connectivity index (χ3n) is 1.29. The molecule has 0 saturated carbocycles. The van der Waals surface area contributed by atoms with Crippen LogP contribution in [0.3, 0.4) is 0 Å². The van der Waals surface area contributed by atoms with Gasteiger partial charge in [-0.3, -0.25) is 0 Å². The van der Waals surface area contributed by atoms with Gasteiger partial charge in [0.25, 0.3) is 0 Å². The van der Waals surface area contributed by atoms with Crippen molar-refractivity contribution in [3.63, 3.8) is 0 Å².